The molecule has 1 aromatic rings. The van der Waals surface area contributed by atoms with E-state index >= 15 is 0 Å². The zero-order valence-electron chi connectivity index (χ0n) is 6.62. The molecule has 3 nitrogen and oxygen atoms in total. The third-order valence-electron chi connectivity index (χ3n) is 1.60. The number of carbonyl (C=O) groups excluding carboxylic acids is 1. The van der Waals surface area contributed by atoms with E-state index in [0.29, 0.717) is 13.0 Å². The molecule has 0 aromatic heterocycles. The van der Waals surface area contributed by atoms with E-state index in [-0.39, 0.29) is 5.56 Å². The number of benzene rings is 1. The molecule has 0 fully saturated rings. The Morgan fingerprint density at radius 1 is 1.50 bits per heavy atom. The van der Waals surface area contributed by atoms with Crippen LogP contribution in [0.2, 0.25) is 0 Å². The highest BCUT2D eigenvalue weighted by molar-refractivity contribution is 5.85. The molecule has 0 heterocycles. The van der Waals surface area contributed by atoms with Crippen molar-refractivity contribution in [2.24, 2.45) is 5.73 Å². The van der Waals surface area contributed by atoms with E-state index < -0.39 is 5.97 Å². The van der Waals surface area contributed by atoms with Gasteiger partial charge < -0.3 is 15.6 Å². The first kappa shape index (κ1) is 8.74. The molecule has 0 atom stereocenters. The smallest absolute Gasteiger partial charge is 0.0715 e. The van der Waals surface area contributed by atoms with E-state index in [2.05, 4.69) is 0 Å². The van der Waals surface area contributed by atoms with Gasteiger partial charge in [-0.15, -0.1) is 0 Å². The third kappa shape index (κ3) is 2.07. The van der Waals surface area contributed by atoms with Gasteiger partial charge in [0.25, 0.3) is 0 Å². The third-order valence-corrected chi connectivity index (χ3v) is 1.60. The second-order valence-corrected chi connectivity index (χ2v) is 2.53. The van der Waals surface area contributed by atoms with Crippen LogP contribution in [0, 0.1) is 0 Å². The van der Waals surface area contributed by atoms with E-state index in [9.17, 15) is 9.90 Å². The topological polar surface area (TPSA) is 66.2 Å². The molecule has 0 spiro atoms. The molecule has 0 saturated heterocycles. The van der Waals surface area contributed by atoms with E-state index in [0.717, 1.165) is 5.56 Å². The van der Waals surface area contributed by atoms with Gasteiger partial charge in [0.15, 0.2) is 0 Å². The second kappa shape index (κ2) is 3.88. The SMILES string of the molecule is NCCc1cccc(C(=O)[O-])c1. The number of hydrogen-bond acceptors (Lipinski definition) is 3. The van der Waals surface area contributed by atoms with E-state index in [1.165, 1.54) is 6.07 Å². The van der Waals surface area contributed by atoms with Crippen molar-refractivity contribution in [3.63, 3.8) is 0 Å². The van der Waals surface area contributed by atoms with Crippen LogP contribution < -0.4 is 10.8 Å². The Morgan fingerprint density at radius 2 is 2.25 bits per heavy atom. The van der Waals surface area contributed by atoms with Crippen LogP contribution in [0.15, 0.2) is 24.3 Å². The van der Waals surface area contributed by atoms with Crippen molar-refractivity contribution in [1.82, 2.24) is 0 Å². The maximum Gasteiger partial charge on any atom is 0.0715 e. The highest BCUT2D eigenvalue weighted by Gasteiger charge is 1.94. The highest BCUT2D eigenvalue weighted by atomic mass is 16.4. The monoisotopic (exact) mass is 164 g/mol. The van der Waals surface area contributed by atoms with Gasteiger partial charge in [0.05, 0.1) is 5.97 Å². The van der Waals surface area contributed by atoms with E-state index in [4.69, 9.17) is 5.73 Å². The van der Waals surface area contributed by atoms with Crippen molar-refractivity contribution in [3.8, 4) is 0 Å². The highest BCUT2D eigenvalue weighted by Crippen LogP contribution is 2.04. The molecule has 0 aliphatic rings. The Balaban J connectivity index is 2.88. The summed E-state index contributed by atoms with van der Waals surface area (Å²) in [4.78, 5) is 10.4. The van der Waals surface area contributed by atoms with E-state index in [1.807, 2.05) is 6.07 Å². The lowest BCUT2D eigenvalue weighted by atomic mass is 10.1. The minimum absolute atomic E-state index is 0.209. The van der Waals surface area contributed by atoms with Crippen LogP contribution in [0.25, 0.3) is 0 Å². The lowest BCUT2D eigenvalue weighted by Crippen LogP contribution is -2.22. The first-order valence-electron chi connectivity index (χ1n) is 3.74. The summed E-state index contributed by atoms with van der Waals surface area (Å²) in [5, 5.41) is 10.4. The molecule has 12 heavy (non-hydrogen) atoms. The fourth-order valence-corrected chi connectivity index (χ4v) is 1.02. The minimum atomic E-state index is -1.14. The summed E-state index contributed by atoms with van der Waals surface area (Å²) in [6.45, 7) is 0.524. The number of carboxylic acids is 1. The van der Waals surface area contributed by atoms with Gasteiger partial charge in [-0.05, 0) is 30.2 Å². The summed E-state index contributed by atoms with van der Waals surface area (Å²) in [6.07, 6.45) is 0.696. The molecule has 2 N–H and O–H groups in total. The summed E-state index contributed by atoms with van der Waals surface area (Å²) in [7, 11) is 0. The summed E-state index contributed by atoms with van der Waals surface area (Å²) < 4.78 is 0. The number of rotatable bonds is 3. The van der Waals surface area contributed by atoms with Crippen molar-refractivity contribution in [1.29, 1.82) is 0 Å². The van der Waals surface area contributed by atoms with Crippen molar-refractivity contribution in [3.05, 3.63) is 35.4 Å². The lowest BCUT2D eigenvalue weighted by molar-refractivity contribution is -0.255. The quantitative estimate of drug-likeness (QED) is 0.658. The molecular formula is C9H10NO2-. The van der Waals surface area contributed by atoms with Crippen LogP contribution in [0.3, 0.4) is 0 Å². The maximum atomic E-state index is 10.4. The summed E-state index contributed by atoms with van der Waals surface area (Å²) in [5.74, 6) is -1.14. The Labute approximate surface area is 70.8 Å². The molecule has 3 heteroatoms. The zero-order chi connectivity index (χ0) is 8.97. The molecule has 0 amide bonds. The average Bonchev–Trinajstić information content (AvgIpc) is 2.05. The molecule has 0 aliphatic heterocycles. The molecule has 0 aliphatic carbocycles. The Morgan fingerprint density at radius 3 is 2.83 bits per heavy atom. The average molecular weight is 164 g/mol. The zero-order valence-corrected chi connectivity index (χ0v) is 6.62. The second-order valence-electron chi connectivity index (χ2n) is 2.53. The number of aromatic carboxylic acids is 1. The number of nitrogens with two attached hydrogens (primary N) is 1. The molecule has 0 saturated carbocycles. The summed E-state index contributed by atoms with van der Waals surface area (Å²) in [6, 6.07) is 6.63. The predicted molar refractivity (Wildman–Crippen MR) is 43.5 cm³/mol. The van der Waals surface area contributed by atoms with Crippen molar-refractivity contribution < 1.29 is 9.90 Å². The lowest BCUT2D eigenvalue weighted by Gasteiger charge is -2.04. The normalized spacial score (nSPS) is 9.75. The Bertz CT molecular complexity index is 284. The molecule has 0 unspecified atom stereocenters. The van der Waals surface area contributed by atoms with Crippen LogP contribution in [0.4, 0.5) is 0 Å². The predicted octanol–water partition coefficient (Wildman–Crippen LogP) is -0.449. The number of hydrogen-bond donors (Lipinski definition) is 1. The first-order chi connectivity index (χ1) is 5.74. The molecular weight excluding hydrogens is 154 g/mol. The van der Waals surface area contributed by atoms with E-state index in [1.54, 1.807) is 12.1 Å². The van der Waals surface area contributed by atoms with Gasteiger partial charge in [-0.1, -0.05) is 18.2 Å². The van der Waals surface area contributed by atoms with Gasteiger partial charge >= 0.3 is 0 Å². The van der Waals surface area contributed by atoms with Gasteiger partial charge in [-0.3, -0.25) is 0 Å². The van der Waals surface area contributed by atoms with Gasteiger partial charge in [-0.25, -0.2) is 0 Å². The largest absolute Gasteiger partial charge is 0.545 e. The van der Waals surface area contributed by atoms with Crippen LogP contribution in [0.1, 0.15) is 15.9 Å². The molecule has 0 radical (unpaired) electrons. The Kier molecular flexibility index (Phi) is 2.82. The van der Waals surface area contributed by atoms with Crippen molar-refractivity contribution >= 4 is 5.97 Å². The number of carboxylic acid groups (broad SMARTS) is 1. The molecule has 1 rings (SSSR count). The fraction of sp³-hybridized carbons (Fsp3) is 0.222. The molecule has 0 bridgehead atoms. The standard InChI is InChI=1S/C9H11NO2/c10-5-4-7-2-1-3-8(6-7)9(11)12/h1-3,6H,4-5,10H2,(H,11,12)/p-1. The van der Waals surface area contributed by atoms with Gasteiger partial charge in [0.2, 0.25) is 0 Å². The van der Waals surface area contributed by atoms with Crippen LogP contribution in [-0.2, 0) is 6.42 Å². The van der Waals surface area contributed by atoms with Crippen molar-refractivity contribution in [2.75, 3.05) is 6.54 Å². The molecule has 64 valence electrons. The number of carbonyl (C=O) groups is 1. The van der Waals surface area contributed by atoms with Crippen LogP contribution in [0.5, 0.6) is 0 Å². The summed E-state index contributed by atoms with van der Waals surface area (Å²) in [5.41, 5.74) is 6.46. The first-order valence-corrected chi connectivity index (χ1v) is 3.74. The van der Waals surface area contributed by atoms with Gasteiger partial charge in [0, 0.05) is 0 Å². The maximum absolute atomic E-state index is 10.4. The molecule has 1 aromatic carbocycles. The summed E-state index contributed by atoms with van der Waals surface area (Å²) >= 11 is 0. The van der Waals surface area contributed by atoms with Gasteiger partial charge in [0.1, 0.15) is 0 Å². The van der Waals surface area contributed by atoms with Crippen molar-refractivity contribution in [2.45, 2.75) is 6.42 Å². The van der Waals surface area contributed by atoms with Crippen LogP contribution in [-0.4, -0.2) is 12.5 Å². The fourth-order valence-electron chi connectivity index (χ4n) is 1.02. The van der Waals surface area contributed by atoms with Crippen LogP contribution >= 0.6 is 0 Å². The Hall–Kier alpha value is -1.35. The van der Waals surface area contributed by atoms with Gasteiger partial charge in [-0.2, -0.15) is 0 Å². The minimum Gasteiger partial charge on any atom is -0.545 e.